The van der Waals surface area contributed by atoms with Crippen LogP contribution in [0.15, 0.2) is 0 Å². The SMILES string of the molecule is CCCC(C)N1CCN(C(C#N)CCC)CC1. The number of hydrogen-bond donors (Lipinski definition) is 0. The highest BCUT2D eigenvalue weighted by molar-refractivity contribution is 4.93. The molecule has 2 unspecified atom stereocenters. The van der Waals surface area contributed by atoms with Crippen molar-refractivity contribution in [1.29, 1.82) is 5.26 Å². The zero-order chi connectivity index (χ0) is 12.7. The molecular formula is C14H27N3. The first kappa shape index (κ1) is 14.5. The van der Waals surface area contributed by atoms with Gasteiger partial charge in [0.05, 0.1) is 12.1 Å². The fourth-order valence-corrected chi connectivity index (χ4v) is 2.69. The van der Waals surface area contributed by atoms with Gasteiger partial charge in [-0.25, -0.2) is 0 Å². The number of nitrogens with zero attached hydrogens (tertiary/aromatic N) is 3. The van der Waals surface area contributed by atoms with Crippen molar-refractivity contribution >= 4 is 0 Å². The van der Waals surface area contributed by atoms with Gasteiger partial charge in [-0.15, -0.1) is 0 Å². The third kappa shape index (κ3) is 4.29. The summed E-state index contributed by atoms with van der Waals surface area (Å²) in [6.07, 6.45) is 4.67. The van der Waals surface area contributed by atoms with Crippen molar-refractivity contribution in [3.63, 3.8) is 0 Å². The lowest BCUT2D eigenvalue weighted by Crippen LogP contribution is -2.52. The summed E-state index contributed by atoms with van der Waals surface area (Å²) in [7, 11) is 0. The van der Waals surface area contributed by atoms with Crippen LogP contribution in [0.25, 0.3) is 0 Å². The van der Waals surface area contributed by atoms with Gasteiger partial charge in [0.2, 0.25) is 0 Å². The Morgan fingerprint density at radius 2 is 1.53 bits per heavy atom. The Morgan fingerprint density at radius 3 is 2.00 bits per heavy atom. The molecule has 1 saturated heterocycles. The monoisotopic (exact) mass is 237 g/mol. The Hall–Kier alpha value is -0.590. The second-order valence-electron chi connectivity index (χ2n) is 5.14. The predicted octanol–water partition coefficient (Wildman–Crippen LogP) is 2.48. The van der Waals surface area contributed by atoms with Crippen LogP contribution in [0.5, 0.6) is 0 Å². The molecule has 0 bridgehead atoms. The van der Waals surface area contributed by atoms with E-state index in [0.717, 1.165) is 39.0 Å². The molecule has 1 aliphatic heterocycles. The van der Waals surface area contributed by atoms with E-state index < -0.39 is 0 Å². The molecule has 0 aromatic rings. The Morgan fingerprint density at radius 1 is 1.00 bits per heavy atom. The molecule has 0 radical (unpaired) electrons. The maximum Gasteiger partial charge on any atom is 0.0978 e. The van der Waals surface area contributed by atoms with Gasteiger partial charge in [0.25, 0.3) is 0 Å². The lowest BCUT2D eigenvalue weighted by molar-refractivity contribution is 0.0823. The molecule has 3 heteroatoms. The molecule has 0 saturated carbocycles. The van der Waals surface area contributed by atoms with E-state index in [1.807, 2.05) is 0 Å². The van der Waals surface area contributed by atoms with Gasteiger partial charge < -0.3 is 0 Å². The largest absolute Gasteiger partial charge is 0.298 e. The molecule has 3 nitrogen and oxygen atoms in total. The van der Waals surface area contributed by atoms with Crippen LogP contribution in [0.2, 0.25) is 0 Å². The van der Waals surface area contributed by atoms with Gasteiger partial charge in [-0.05, 0) is 19.8 Å². The first-order valence-corrected chi connectivity index (χ1v) is 7.10. The van der Waals surface area contributed by atoms with E-state index in [9.17, 15) is 0 Å². The molecule has 1 heterocycles. The average molecular weight is 237 g/mol. The van der Waals surface area contributed by atoms with Crippen LogP contribution >= 0.6 is 0 Å². The molecule has 98 valence electrons. The maximum atomic E-state index is 9.16. The van der Waals surface area contributed by atoms with E-state index in [2.05, 4.69) is 36.6 Å². The maximum absolute atomic E-state index is 9.16. The molecule has 0 aromatic carbocycles. The van der Waals surface area contributed by atoms with E-state index in [0.29, 0.717) is 6.04 Å². The summed E-state index contributed by atoms with van der Waals surface area (Å²) in [4.78, 5) is 4.93. The summed E-state index contributed by atoms with van der Waals surface area (Å²) >= 11 is 0. The smallest absolute Gasteiger partial charge is 0.0978 e. The van der Waals surface area contributed by atoms with Gasteiger partial charge in [0, 0.05) is 32.2 Å². The summed E-state index contributed by atoms with van der Waals surface area (Å²) in [5.74, 6) is 0. The second-order valence-corrected chi connectivity index (χ2v) is 5.14. The Kier molecular flexibility index (Phi) is 6.54. The summed E-state index contributed by atoms with van der Waals surface area (Å²) in [6.45, 7) is 11.1. The molecule has 1 rings (SSSR count). The summed E-state index contributed by atoms with van der Waals surface area (Å²) < 4.78 is 0. The first-order valence-electron chi connectivity index (χ1n) is 7.10. The fourth-order valence-electron chi connectivity index (χ4n) is 2.69. The van der Waals surface area contributed by atoms with E-state index in [1.54, 1.807) is 0 Å². The molecule has 0 N–H and O–H groups in total. The number of rotatable bonds is 6. The minimum absolute atomic E-state index is 0.142. The molecule has 2 atom stereocenters. The van der Waals surface area contributed by atoms with Crippen LogP contribution in [0.1, 0.15) is 46.5 Å². The zero-order valence-corrected chi connectivity index (χ0v) is 11.7. The highest BCUT2D eigenvalue weighted by Gasteiger charge is 2.24. The summed E-state index contributed by atoms with van der Waals surface area (Å²) in [6, 6.07) is 3.29. The summed E-state index contributed by atoms with van der Waals surface area (Å²) in [5, 5.41) is 9.16. The molecule has 1 fully saturated rings. The van der Waals surface area contributed by atoms with Gasteiger partial charge in [0.1, 0.15) is 0 Å². The fraction of sp³-hybridized carbons (Fsp3) is 0.929. The van der Waals surface area contributed by atoms with Gasteiger partial charge >= 0.3 is 0 Å². The Balaban J connectivity index is 2.37. The number of hydrogen-bond acceptors (Lipinski definition) is 3. The zero-order valence-electron chi connectivity index (χ0n) is 11.7. The van der Waals surface area contributed by atoms with E-state index in [4.69, 9.17) is 5.26 Å². The third-order valence-corrected chi connectivity index (χ3v) is 3.83. The van der Waals surface area contributed by atoms with Crippen molar-refractivity contribution in [2.75, 3.05) is 26.2 Å². The lowest BCUT2D eigenvalue weighted by Gasteiger charge is -2.39. The topological polar surface area (TPSA) is 30.3 Å². The van der Waals surface area contributed by atoms with Crippen LogP contribution in [-0.4, -0.2) is 48.1 Å². The molecule has 0 aliphatic carbocycles. The van der Waals surface area contributed by atoms with E-state index >= 15 is 0 Å². The van der Waals surface area contributed by atoms with Gasteiger partial charge in [-0.3, -0.25) is 9.80 Å². The Labute approximate surface area is 106 Å². The number of nitriles is 1. The molecule has 1 aliphatic rings. The van der Waals surface area contributed by atoms with Crippen LogP contribution in [0, 0.1) is 11.3 Å². The minimum Gasteiger partial charge on any atom is -0.298 e. The Bertz CT molecular complexity index is 238. The number of piperazine rings is 1. The van der Waals surface area contributed by atoms with Gasteiger partial charge in [-0.2, -0.15) is 5.26 Å². The molecular weight excluding hydrogens is 210 g/mol. The normalized spacial score (nSPS) is 22.0. The molecule has 0 amide bonds. The third-order valence-electron chi connectivity index (χ3n) is 3.83. The van der Waals surface area contributed by atoms with E-state index in [1.165, 1.54) is 12.8 Å². The average Bonchev–Trinajstić information content (AvgIpc) is 2.36. The highest BCUT2D eigenvalue weighted by atomic mass is 15.3. The minimum atomic E-state index is 0.142. The predicted molar refractivity (Wildman–Crippen MR) is 71.8 cm³/mol. The highest BCUT2D eigenvalue weighted by Crippen LogP contribution is 2.14. The standard InChI is InChI=1S/C14H27N3/c1-4-6-13(3)16-8-10-17(11-9-16)14(12-15)7-5-2/h13-14H,4-11H2,1-3H3. The van der Waals surface area contributed by atoms with Crippen molar-refractivity contribution in [2.24, 2.45) is 0 Å². The van der Waals surface area contributed by atoms with Crippen molar-refractivity contribution < 1.29 is 0 Å². The van der Waals surface area contributed by atoms with Crippen LogP contribution in [-0.2, 0) is 0 Å². The molecule has 0 aromatic heterocycles. The van der Waals surface area contributed by atoms with Crippen LogP contribution in [0.3, 0.4) is 0 Å². The van der Waals surface area contributed by atoms with Gasteiger partial charge in [-0.1, -0.05) is 26.7 Å². The van der Waals surface area contributed by atoms with Crippen molar-refractivity contribution in [3.05, 3.63) is 0 Å². The van der Waals surface area contributed by atoms with Crippen molar-refractivity contribution in [1.82, 2.24) is 9.80 Å². The van der Waals surface area contributed by atoms with E-state index in [-0.39, 0.29) is 6.04 Å². The van der Waals surface area contributed by atoms with Crippen LogP contribution < -0.4 is 0 Å². The van der Waals surface area contributed by atoms with Crippen molar-refractivity contribution in [3.8, 4) is 6.07 Å². The van der Waals surface area contributed by atoms with Crippen LogP contribution in [0.4, 0.5) is 0 Å². The quantitative estimate of drug-likeness (QED) is 0.711. The first-order chi connectivity index (χ1) is 8.22. The van der Waals surface area contributed by atoms with Crippen molar-refractivity contribution in [2.45, 2.75) is 58.5 Å². The molecule has 0 spiro atoms. The van der Waals surface area contributed by atoms with Gasteiger partial charge in [0.15, 0.2) is 0 Å². The lowest BCUT2D eigenvalue weighted by atomic mass is 10.1. The molecule has 17 heavy (non-hydrogen) atoms. The summed E-state index contributed by atoms with van der Waals surface area (Å²) in [5.41, 5.74) is 0. The second kappa shape index (κ2) is 7.68.